The number of halogens is 1. The number of nitrogens with zero attached hydrogens (tertiary/aromatic N) is 1. The zero-order valence-electron chi connectivity index (χ0n) is 12.8. The Balaban J connectivity index is 2.22. The monoisotopic (exact) mass is 331 g/mol. The van der Waals surface area contributed by atoms with Gasteiger partial charge >= 0.3 is 0 Å². The lowest BCUT2D eigenvalue weighted by molar-refractivity contribution is 0.154. The summed E-state index contributed by atoms with van der Waals surface area (Å²) < 4.78 is 40.5. The van der Waals surface area contributed by atoms with Crippen LogP contribution < -0.4 is 10.6 Å². The second-order valence-electron chi connectivity index (χ2n) is 4.69. The summed E-state index contributed by atoms with van der Waals surface area (Å²) in [7, 11) is -1.38. The van der Waals surface area contributed by atoms with E-state index in [1.54, 1.807) is 25.2 Å². The Kier molecular flexibility index (Phi) is 7.83. The van der Waals surface area contributed by atoms with Crippen molar-refractivity contribution in [1.29, 1.82) is 0 Å². The summed E-state index contributed by atoms with van der Waals surface area (Å²) in [4.78, 5) is 4.01. The number of hydrogen-bond donors (Lipinski definition) is 2. The van der Waals surface area contributed by atoms with Crippen molar-refractivity contribution in [2.75, 3.05) is 38.8 Å². The van der Waals surface area contributed by atoms with Crippen LogP contribution in [0.5, 0.6) is 0 Å². The Morgan fingerprint density at radius 2 is 2.00 bits per heavy atom. The third-order valence-corrected chi connectivity index (χ3v) is 3.67. The van der Waals surface area contributed by atoms with Crippen molar-refractivity contribution < 1.29 is 17.5 Å². The van der Waals surface area contributed by atoms with E-state index < -0.39 is 9.84 Å². The van der Waals surface area contributed by atoms with Crippen molar-refractivity contribution in [3.63, 3.8) is 0 Å². The number of hydrogen-bond acceptors (Lipinski definition) is 4. The minimum Gasteiger partial charge on any atom is -0.379 e. The fourth-order valence-electron chi connectivity index (χ4n) is 1.60. The average Bonchev–Trinajstić information content (AvgIpc) is 2.46. The van der Waals surface area contributed by atoms with Gasteiger partial charge in [-0.2, -0.15) is 0 Å². The molecule has 2 N–H and O–H groups in total. The molecule has 1 aromatic rings. The van der Waals surface area contributed by atoms with Crippen LogP contribution in [0.1, 0.15) is 5.56 Å². The Morgan fingerprint density at radius 1 is 1.27 bits per heavy atom. The Hall–Kier alpha value is -1.67. The molecule has 1 rings (SSSR count). The zero-order chi connectivity index (χ0) is 16.4. The van der Waals surface area contributed by atoms with Crippen molar-refractivity contribution >= 4 is 15.8 Å². The van der Waals surface area contributed by atoms with E-state index in [-0.39, 0.29) is 18.2 Å². The predicted molar refractivity (Wildman–Crippen MR) is 85.1 cm³/mol. The van der Waals surface area contributed by atoms with Crippen molar-refractivity contribution in [3.8, 4) is 0 Å². The molecule has 0 atom stereocenters. The topological polar surface area (TPSA) is 79.8 Å². The molecular weight excluding hydrogens is 309 g/mol. The highest BCUT2D eigenvalue weighted by molar-refractivity contribution is 7.90. The van der Waals surface area contributed by atoms with Crippen LogP contribution in [0.15, 0.2) is 29.3 Å². The molecule has 0 aromatic heterocycles. The molecular formula is C14H22FN3O3S. The summed E-state index contributed by atoms with van der Waals surface area (Å²) >= 11 is 0. The molecule has 6 nitrogen and oxygen atoms in total. The molecule has 0 aliphatic carbocycles. The zero-order valence-corrected chi connectivity index (χ0v) is 13.6. The molecule has 8 heteroatoms. The van der Waals surface area contributed by atoms with Crippen molar-refractivity contribution in [1.82, 2.24) is 10.6 Å². The van der Waals surface area contributed by atoms with Crippen LogP contribution in [0.25, 0.3) is 0 Å². The minimum atomic E-state index is -2.99. The highest BCUT2D eigenvalue weighted by Gasteiger charge is 2.03. The molecule has 0 unspecified atom stereocenters. The highest BCUT2D eigenvalue weighted by Crippen LogP contribution is 2.05. The molecule has 1 aromatic carbocycles. The number of benzene rings is 1. The standard InChI is InChI=1S/C14H22FN3O3S/c1-16-14(17-7-8-21-9-10-22(2,19)20)18-11-12-5-3-4-6-13(12)15/h3-6H,7-11H2,1-2H3,(H2,16,17,18). The lowest BCUT2D eigenvalue weighted by Gasteiger charge is -2.12. The largest absolute Gasteiger partial charge is 0.379 e. The maximum absolute atomic E-state index is 13.5. The predicted octanol–water partition coefficient (Wildman–Crippen LogP) is 0.552. The van der Waals surface area contributed by atoms with Crippen LogP contribution in [0, 0.1) is 5.82 Å². The number of aliphatic imine (C=N–C) groups is 1. The Bertz CT molecular complexity index is 591. The highest BCUT2D eigenvalue weighted by atomic mass is 32.2. The molecule has 0 saturated carbocycles. The molecule has 0 amide bonds. The van der Waals surface area contributed by atoms with E-state index in [1.165, 1.54) is 12.3 Å². The number of rotatable bonds is 8. The van der Waals surface area contributed by atoms with Gasteiger partial charge in [0.25, 0.3) is 0 Å². The van der Waals surface area contributed by atoms with Gasteiger partial charge in [-0.05, 0) is 6.07 Å². The first-order valence-corrected chi connectivity index (χ1v) is 8.92. The number of ether oxygens (including phenoxy) is 1. The maximum Gasteiger partial charge on any atom is 0.191 e. The van der Waals surface area contributed by atoms with E-state index in [1.807, 2.05) is 0 Å². The molecule has 0 heterocycles. The molecule has 0 radical (unpaired) electrons. The van der Waals surface area contributed by atoms with Crippen LogP contribution in [-0.4, -0.2) is 53.2 Å². The first-order valence-electron chi connectivity index (χ1n) is 6.86. The van der Waals surface area contributed by atoms with Gasteiger partial charge in [-0.15, -0.1) is 0 Å². The van der Waals surface area contributed by atoms with Crippen LogP contribution >= 0.6 is 0 Å². The normalized spacial score (nSPS) is 12.2. The Morgan fingerprint density at radius 3 is 2.64 bits per heavy atom. The van der Waals surface area contributed by atoms with Gasteiger partial charge in [0.05, 0.1) is 19.0 Å². The third-order valence-electron chi connectivity index (χ3n) is 2.77. The summed E-state index contributed by atoms with van der Waals surface area (Å²) in [5.74, 6) is 0.261. The van der Waals surface area contributed by atoms with Crippen LogP contribution in [0.3, 0.4) is 0 Å². The van der Waals surface area contributed by atoms with E-state index in [0.29, 0.717) is 31.2 Å². The van der Waals surface area contributed by atoms with Gasteiger partial charge in [0.15, 0.2) is 5.96 Å². The molecule has 0 saturated heterocycles. The molecule has 0 aliphatic heterocycles. The van der Waals surface area contributed by atoms with Crippen LogP contribution in [-0.2, 0) is 21.1 Å². The lowest BCUT2D eigenvalue weighted by Crippen LogP contribution is -2.38. The number of nitrogens with one attached hydrogen (secondary N) is 2. The van der Waals surface area contributed by atoms with Crippen LogP contribution in [0.4, 0.5) is 4.39 Å². The molecule has 0 aliphatic rings. The Labute approximate surface area is 130 Å². The van der Waals surface area contributed by atoms with Crippen molar-refractivity contribution in [2.45, 2.75) is 6.54 Å². The van der Waals surface area contributed by atoms with Crippen LogP contribution in [0.2, 0.25) is 0 Å². The maximum atomic E-state index is 13.5. The van der Waals surface area contributed by atoms with E-state index in [9.17, 15) is 12.8 Å². The van der Waals surface area contributed by atoms with E-state index in [0.717, 1.165) is 0 Å². The van der Waals surface area contributed by atoms with Gasteiger partial charge in [-0.25, -0.2) is 12.8 Å². The van der Waals surface area contributed by atoms with Crippen molar-refractivity contribution in [3.05, 3.63) is 35.6 Å². The van der Waals surface area contributed by atoms with Gasteiger partial charge in [-0.3, -0.25) is 4.99 Å². The fraction of sp³-hybridized carbons (Fsp3) is 0.500. The summed E-state index contributed by atoms with van der Waals surface area (Å²) in [5, 5.41) is 5.99. The van der Waals surface area contributed by atoms with E-state index >= 15 is 0 Å². The smallest absolute Gasteiger partial charge is 0.191 e. The third kappa shape index (κ3) is 7.94. The summed E-state index contributed by atoms with van der Waals surface area (Å²) in [6.45, 7) is 1.32. The number of guanidine groups is 1. The summed E-state index contributed by atoms with van der Waals surface area (Å²) in [6, 6.07) is 6.51. The summed E-state index contributed by atoms with van der Waals surface area (Å²) in [6.07, 6.45) is 1.17. The first kappa shape index (κ1) is 18.4. The van der Waals surface area contributed by atoms with Crippen molar-refractivity contribution in [2.24, 2.45) is 4.99 Å². The van der Waals surface area contributed by atoms with E-state index in [4.69, 9.17) is 4.74 Å². The van der Waals surface area contributed by atoms with Gasteiger partial charge in [0.1, 0.15) is 15.7 Å². The molecule has 0 fully saturated rings. The molecule has 0 bridgehead atoms. The lowest BCUT2D eigenvalue weighted by atomic mass is 10.2. The first-order chi connectivity index (χ1) is 10.4. The fourth-order valence-corrected chi connectivity index (χ4v) is 2.02. The SMILES string of the molecule is CN=C(NCCOCCS(C)(=O)=O)NCc1ccccc1F. The average molecular weight is 331 g/mol. The van der Waals surface area contributed by atoms with E-state index in [2.05, 4.69) is 15.6 Å². The molecule has 0 spiro atoms. The second-order valence-corrected chi connectivity index (χ2v) is 6.95. The molecule has 22 heavy (non-hydrogen) atoms. The quantitative estimate of drug-likeness (QED) is 0.413. The minimum absolute atomic E-state index is 0.00720. The van der Waals surface area contributed by atoms with Gasteiger partial charge in [0.2, 0.25) is 0 Å². The molecule has 124 valence electrons. The van der Waals surface area contributed by atoms with Gasteiger partial charge in [-0.1, -0.05) is 18.2 Å². The number of sulfone groups is 1. The summed E-state index contributed by atoms with van der Waals surface area (Å²) in [5.41, 5.74) is 0.551. The second kappa shape index (κ2) is 9.37. The van der Waals surface area contributed by atoms with Gasteiger partial charge in [0, 0.05) is 32.0 Å². The van der Waals surface area contributed by atoms with Gasteiger partial charge < -0.3 is 15.4 Å².